The standard InChI is InChI=1S/C26H25O6P/c1-19(25(27)21-9-5-3-6-10-21)13-14-20(2)31-33(29,30)32-24-17-15-23(16-18-24)26(28)22-11-7-4-8-12-22/h3,5-7,9-12,15-18H,1-2,4,8,13-14H2,(H,29,30). The van der Waals surface area contributed by atoms with Gasteiger partial charge in [0.1, 0.15) is 11.5 Å². The Morgan fingerprint density at radius 3 is 2.27 bits per heavy atom. The van der Waals surface area contributed by atoms with Crippen molar-refractivity contribution in [3.05, 3.63) is 114 Å². The van der Waals surface area contributed by atoms with Crippen LogP contribution in [0.3, 0.4) is 0 Å². The summed E-state index contributed by atoms with van der Waals surface area (Å²) < 4.78 is 22.4. The Balaban J connectivity index is 1.51. The van der Waals surface area contributed by atoms with E-state index in [0.717, 1.165) is 12.8 Å². The molecule has 0 amide bonds. The van der Waals surface area contributed by atoms with Crippen LogP contribution >= 0.6 is 7.82 Å². The molecule has 1 aliphatic carbocycles. The molecule has 0 aromatic heterocycles. The van der Waals surface area contributed by atoms with E-state index in [0.29, 0.717) is 22.3 Å². The highest BCUT2D eigenvalue weighted by atomic mass is 31.2. The van der Waals surface area contributed by atoms with Crippen LogP contribution in [0.2, 0.25) is 0 Å². The number of phosphoric acid groups is 1. The minimum Gasteiger partial charge on any atom is -0.400 e. The van der Waals surface area contributed by atoms with Crippen LogP contribution in [0.15, 0.2) is 103 Å². The van der Waals surface area contributed by atoms with E-state index in [1.165, 1.54) is 24.3 Å². The first-order chi connectivity index (χ1) is 15.7. The summed E-state index contributed by atoms with van der Waals surface area (Å²) in [4.78, 5) is 34.9. The van der Waals surface area contributed by atoms with Crippen LogP contribution in [-0.4, -0.2) is 16.5 Å². The highest BCUT2D eigenvalue weighted by Crippen LogP contribution is 2.46. The SMILES string of the molecule is C=C(CCC(=C)C(=O)c1ccccc1)OP(=O)(O)Oc1ccc(C(=O)C2=CCCC=C2)cc1. The zero-order chi connectivity index (χ0) is 23.8. The second kappa shape index (κ2) is 10.9. The Morgan fingerprint density at radius 2 is 1.64 bits per heavy atom. The van der Waals surface area contributed by atoms with Gasteiger partial charge in [0.05, 0.1) is 0 Å². The maximum absolute atomic E-state index is 12.5. The largest absolute Gasteiger partial charge is 0.584 e. The second-order valence-corrected chi connectivity index (χ2v) is 8.78. The van der Waals surface area contributed by atoms with Crippen LogP contribution in [0.5, 0.6) is 5.75 Å². The molecule has 3 rings (SSSR count). The number of phosphoric ester groups is 1. The normalized spacial score (nSPS) is 14.5. The minimum atomic E-state index is -4.50. The van der Waals surface area contributed by atoms with Gasteiger partial charge >= 0.3 is 7.82 Å². The summed E-state index contributed by atoms with van der Waals surface area (Å²) in [6.45, 7) is 7.41. The van der Waals surface area contributed by atoms with E-state index in [9.17, 15) is 19.0 Å². The molecule has 0 fully saturated rings. The average Bonchev–Trinajstić information content (AvgIpc) is 2.82. The number of Topliss-reactive ketones (excluding diaryl/α,β-unsaturated/α-hetero) is 2. The third kappa shape index (κ3) is 7.01. The molecule has 1 aliphatic rings. The van der Waals surface area contributed by atoms with Gasteiger partial charge in [-0.3, -0.25) is 14.5 Å². The Hall–Kier alpha value is -3.47. The topological polar surface area (TPSA) is 89.9 Å². The first-order valence-electron chi connectivity index (χ1n) is 10.4. The van der Waals surface area contributed by atoms with Crippen molar-refractivity contribution in [2.75, 3.05) is 0 Å². The van der Waals surface area contributed by atoms with Crippen molar-refractivity contribution in [2.45, 2.75) is 25.7 Å². The van der Waals surface area contributed by atoms with Gasteiger partial charge in [0.25, 0.3) is 0 Å². The maximum atomic E-state index is 12.5. The fraction of sp³-hybridized carbons (Fsp3) is 0.154. The molecule has 0 saturated carbocycles. The van der Waals surface area contributed by atoms with Crippen molar-refractivity contribution in [1.82, 2.24) is 0 Å². The monoisotopic (exact) mass is 464 g/mol. The molecule has 1 unspecified atom stereocenters. The van der Waals surface area contributed by atoms with Gasteiger partial charge in [0.2, 0.25) is 0 Å². The van der Waals surface area contributed by atoms with Crippen molar-refractivity contribution in [2.24, 2.45) is 0 Å². The maximum Gasteiger partial charge on any atom is 0.584 e. The Kier molecular flexibility index (Phi) is 7.99. The fourth-order valence-corrected chi connectivity index (χ4v) is 4.02. The number of ketones is 2. The molecule has 0 radical (unpaired) electrons. The van der Waals surface area contributed by atoms with Crippen molar-refractivity contribution in [3.8, 4) is 5.75 Å². The van der Waals surface area contributed by atoms with E-state index in [1.807, 2.05) is 18.2 Å². The first kappa shape index (κ1) is 24.2. The predicted molar refractivity (Wildman–Crippen MR) is 127 cm³/mol. The molecule has 33 heavy (non-hydrogen) atoms. The van der Waals surface area contributed by atoms with Gasteiger partial charge in [-0.15, -0.1) is 0 Å². The number of rotatable bonds is 11. The summed E-state index contributed by atoms with van der Waals surface area (Å²) in [6.07, 6.45) is 7.70. The molecular formula is C26H25O6P. The number of hydrogen-bond donors (Lipinski definition) is 1. The molecule has 0 bridgehead atoms. The third-order valence-corrected chi connectivity index (χ3v) is 5.83. The molecule has 0 spiro atoms. The predicted octanol–water partition coefficient (Wildman–Crippen LogP) is 6.37. The van der Waals surface area contributed by atoms with Crippen LogP contribution in [0.25, 0.3) is 0 Å². The summed E-state index contributed by atoms with van der Waals surface area (Å²) in [5, 5.41) is 0. The lowest BCUT2D eigenvalue weighted by Crippen LogP contribution is -2.04. The number of carbonyl (C=O) groups is 2. The molecule has 2 aromatic rings. The zero-order valence-electron chi connectivity index (χ0n) is 18.1. The molecule has 0 saturated heterocycles. The van der Waals surface area contributed by atoms with E-state index in [4.69, 9.17) is 9.05 Å². The molecule has 1 N–H and O–H groups in total. The lowest BCUT2D eigenvalue weighted by Gasteiger charge is -2.16. The van der Waals surface area contributed by atoms with Gasteiger partial charge in [-0.2, -0.15) is 0 Å². The smallest absolute Gasteiger partial charge is 0.400 e. The Morgan fingerprint density at radius 1 is 0.939 bits per heavy atom. The quantitative estimate of drug-likeness (QED) is 0.180. The highest BCUT2D eigenvalue weighted by molar-refractivity contribution is 7.48. The summed E-state index contributed by atoms with van der Waals surface area (Å²) in [6, 6.07) is 14.6. The van der Waals surface area contributed by atoms with Crippen LogP contribution in [0.1, 0.15) is 46.4 Å². The highest BCUT2D eigenvalue weighted by Gasteiger charge is 2.26. The van der Waals surface area contributed by atoms with Gasteiger partial charge in [0, 0.05) is 23.1 Å². The van der Waals surface area contributed by atoms with Gasteiger partial charge in [-0.1, -0.05) is 61.7 Å². The van der Waals surface area contributed by atoms with E-state index in [2.05, 4.69) is 13.2 Å². The first-order valence-corrected chi connectivity index (χ1v) is 11.9. The minimum absolute atomic E-state index is 0.00864. The molecule has 1 atom stereocenters. The fourth-order valence-electron chi connectivity index (χ4n) is 3.17. The van der Waals surface area contributed by atoms with Crippen molar-refractivity contribution < 1.29 is 28.1 Å². The zero-order valence-corrected chi connectivity index (χ0v) is 19.0. The second-order valence-electron chi connectivity index (χ2n) is 7.48. The number of carbonyl (C=O) groups excluding carboxylic acids is 2. The van der Waals surface area contributed by atoms with Gasteiger partial charge in [-0.25, -0.2) is 4.57 Å². The van der Waals surface area contributed by atoms with Gasteiger partial charge in [-0.05, 0) is 49.1 Å². The Labute approximate surface area is 193 Å². The molecule has 7 heteroatoms. The van der Waals surface area contributed by atoms with E-state index in [-0.39, 0.29) is 35.9 Å². The molecule has 6 nitrogen and oxygen atoms in total. The molecule has 0 aliphatic heterocycles. The summed E-state index contributed by atoms with van der Waals surface area (Å²) in [5.41, 5.74) is 1.92. The van der Waals surface area contributed by atoms with Crippen LogP contribution < -0.4 is 4.52 Å². The molecule has 170 valence electrons. The van der Waals surface area contributed by atoms with E-state index in [1.54, 1.807) is 30.3 Å². The molecular weight excluding hydrogens is 439 g/mol. The van der Waals surface area contributed by atoms with Crippen molar-refractivity contribution >= 4 is 19.4 Å². The lowest BCUT2D eigenvalue weighted by atomic mass is 9.98. The summed E-state index contributed by atoms with van der Waals surface area (Å²) >= 11 is 0. The van der Waals surface area contributed by atoms with E-state index < -0.39 is 7.82 Å². The average molecular weight is 464 g/mol. The molecule has 0 heterocycles. The van der Waals surface area contributed by atoms with Crippen LogP contribution in [-0.2, 0) is 9.09 Å². The van der Waals surface area contributed by atoms with Gasteiger partial charge in [0.15, 0.2) is 11.6 Å². The lowest BCUT2D eigenvalue weighted by molar-refractivity contribution is 0.102. The van der Waals surface area contributed by atoms with Crippen molar-refractivity contribution in [1.29, 1.82) is 0 Å². The molecule has 2 aromatic carbocycles. The van der Waals surface area contributed by atoms with Gasteiger partial charge < -0.3 is 9.05 Å². The number of allylic oxidation sites excluding steroid dienone is 6. The third-order valence-electron chi connectivity index (χ3n) is 4.90. The number of benzene rings is 2. The number of hydrogen-bond acceptors (Lipinski definition) is 5. The van der Waals surface area contributed by atoms with Crippen LogP contribution in [0.4, 0.5) is 0 Å². The van der Waals surface area contributed by atoms with Crippen LogP contribution in [0, 0.1) is 0 Å². The van der Waals surface area contributed by atoms with E-state index >= 15 is 0 Å². The summed E-state index contributed by atoms with van der Waals surface area (Å²) in [5.74, 6) is -0.270. The Bertz CT molecular complexity index is 1160. The van der Waals surface area contributed by atoms with Crippen molar-refractivity contribution in [3.63, 3.8) is 0 Å². The summed E-state index contributed by atoms with van der Waals surface area (Å²) in [7, 11) is -4.50.